The molecule has 1 aliphatic heterocycles. The molecule has 0 spiro atoms. The van der Waals surface area contributed by atoms with Crippen molar-refractivity contribution in [3.8, 4) is 0 Å². The molecule has 0 radical (unpaired) electrons. The Balaban J connectivity index is 2.17. The zero-order valence-corrected chi connectivity index (χ0v) is 13.4. The quantitative estimate of drug-likeness (QED) is 0.799. The minimum absolute atomic E-state index is 0.198. The maximum Gasteiger partial charge on any atom is 0.252 e. The summed E-state index contributed by atoms with van der Waals surface area (Å²) in [5.41, 5.74) is -0.00649. The van der Waals surface area contributed by atoms with Crippen molar-refractivity contribution in [3.05, 3.63) is 34.1 Å². The second-order valence-electron chi connectivity index (χ2n) is 4.58. The van der Waals surface area contributed by atoms with Crippen LogP contribution in [0, 0.1) is 5.82 Å². The van der Waals surface area contributed by atoms with E-state index in [1.807, 2.05) is 0 Å². The third-order valence-electron chi connectivity index (χ3n) is 3.28. The number of rotatable bonds is 3. The van der Waals surface area contributed by atoms with Crippen molar-refractivity contribution in [1.29, 1.82) is 0 Å². The monoisotopic (exact) mass is 393 g/mol. The van der Waals surface area contributed by atoms with E-state index in [2.05, 4.69) is 37.2 Å². The average Bonchev–Trinajstić information content (AvgIpc) is 2.42. The van der Waals surface area contributed by atoms with E-state index in [0.717, 1.165) is 12.8 Å². The number of carbonyl (C=O) groups is 1. The fourth-order valence-electron chi connectivity index (χ4n) is 2.04. The molecular weight excluding hydrogens is 381 g/mol. The summed E-state index contributed by atoms with van der Waals surface area (Å²) in [5.74, 6) is -0.708. The molecule has 1 fully saturated rings. The number of hydrogen-bond donors (Lipinski definition) is 1. The molecule has 0 unspecified atom stereocenters. The van der Waals surface area contributed by atoms with Crippen molar-refractivity contribution in [2.75, 3.05) is 18.5 Å². The molecular formula is C13H14Br2FNO2. The van der Waals surface area contributed by atoms with Crippen LogP contribution in [0.3, 0.4) is 0 Å². The predicted molar refractivity (Wildman–Crippen MR) is 78.1 cm³/mol. The fraction of sp³-hybridized carbons (Fsp3) is 0.462. The Hall–Kier alpha value is -0.460. The lowest BCUT2D eigenvalue weighted by Gasteiger charge is -2.36. The number of hydrogen-bond acceptors (Lipinski definition) is 2. The van der Waals surface area contributed by atoms with Gasteiger partial charge in [0, 0.05) is 18.5 Å². The normalized spacial score (nSPS) is 18.1. The van der Waals surface area contributed by atoms with Crippen molar-refractivity contribution in [1.82, 2.24) is 5.32 Å². The first-order valence-corrected chi connectivity index (χ1v) is 7.90. The van der Waals surface area contributed by atoms with Crippen LogP contribution >= 0.6 is 31.9 Å². The van der Waals surface area contributed by atoms with E-state index in [-0.39, 0.29) is 15.9 Å². The zero-order valence-electron chi connectivity index (χ0n) is 10.2. The van der Waals surface area contributed by atoms with Crippen molar-refractivity contribution in [2.45, 2.75) is 18.4 Å². The fourth-order valence-corrected chi connectivity index (χ4v) is 3.19. The second kappa shape index (κ2) is 6.33. The second-order valence-corrected chi connectivity index (χ2v) is 5.94. The number of halogens is 3. The molecule has 1 aliphatic rings. The predicted octanol–water partition coefficient (Wildman–Crippen LogP) is 3.26. The Kier molecular flexibility index (Phi) is 4.97. The van der Waals surface area contributed by atoms with Gasteiger partial charge in [0.1, 0.15) is 5.82 Å². The van der Waals surface area contributed by atoms with Gasteiger partial charge >= 0.3 is 0 Å². The Bertz CT molecular complexity index is 476. The SMILES string of the molecule is O=C(NC1(CBr)CCOCC1)c1cccc(F)c1Br. The van der Waals surface area contributed by atoms with Gasteiger partial charge in [-0.1, -0.05) is 22.0 Å². The van der Waals surface area contributed by atoms with Gasteiger partial charge in [-0.2, -0.15) is 0 Å². The Morgan fingerprint density at radius 1 is 1.42 bits per heavy atom. The van der Waals surface area contributed by atoms with Crippen LogP contribution in [0.5, 0.6) is 0 Å². The lowest BCUT2D eigenvalue weighted by molar-refractivity contribution is 0.0441. The van der Waals surface area contributed by atoms with Gasteiger partial charge < -0.3 is 10.1 Å². The number of alkyl halides is 1. The Labute approximate surface area is 128 Å². The van der Waals surface area contributed by atoms with Gasteiger partial charge in [-0.05, 0) is 40.9 Å². The van der Waals surface area contributed by atoms with Crippen LogP contribution in [0.1, 0.15) is 23.2 Å². The van der Waals surface area contributed by atoms with E-state index < -0.39 is 5.82 Å². The Morgan fingerprint density at radius 2 is 2.11 bits per heavy atom. The van der Waals surface area contributed by atoms with Crippen LogP contribution in [0.4, 0.5) is 4.39 Å². The summed E-state index contributed by atoms with van der Waals surface area (Å²) < 4.78 is 19.0. The van der Waals surface area contributed by atoms with Crippen molar-refractivity contribution >= 4 is 37.8 Å². The van der Waals surface area contributed by atoms with E-state index in [1.54, 1.807) is 6.07 Å². The van der Waals surface area contributed by atoms with E-state index in [4.69, 9.17) is 4.74 Å². The van der Waals surface area contributed by atoms with Crippen LogP contribution < -0.4 is 5.32 Å². The molecule has 1 aromatic carbocycles. The summed E-state index contributed by atoms with van der Waals surface area (Å²) in [5, 5.41) is 3.66. The summed E-state index contributed by atoms with van der Waals surface area (Å²) in [7, 11) is 0. The highest BCUT2D eigenvalue weighted by Gasteiger charge is 2.33. The van der Waals surface area contributed by atoms with Gasteiger partial charge in [0.15, 0.2) is 0 Å². The van der Waals surface area contributed by atoms with E-state index in [0.29, 0.717) is 24.1 Å². The highest BCUT2D eigenvalue weighted by Crippen LogP contribution is 2.25. The summed E-state index contributed by atoms with van der Waals surface area (Å²) in [6.45, 7) is 1.24. The molecule has 0 saturated carbocycles. The van der Waals surface area contributed by atoms with Gasteiger partial charge in [0.05, 0.1) is 15.6 Å². The highest BCUT2D eigenvalue weighted by atomic mass is 79.9. The first-order chi connectivity index (χ1) is 9.08. The maximum absolute atomic E-state index is 13.4. The first kappa shape index (κ1) is 14.9. The van der Waals surface area contributed by atoms with Gasteiger partial charge in [-0.25, -0.2) is 4.39 Å². The number of benzene rings is 1. The molecule has 1 aromatic rings. The van der Waals surface area contributed by atoms with Crippen molar-refractivity contribution < 1.29 is 13.9 Å². The Morgan fingerprint density at radius 3 is 2.74 bits per heavy atom. The third kappa shape index (κ3) is 3.35. The van der Waals surface area contributed by atoms with E-state index in [9.17, 15) is 9.18 Å². The van der Waals surface area contributed by atoms with E-state index >= 15 is 0 Å². The number of nitrogens with one attached hydrogen (secondary N) is 1. The van der Waals surface area contributed by atoms with Crippen LogP contribution in [-0.4, -0.2) is 30.0 Å². The average molecular weight is 395 g/mol. The highest BCUT2D eigenvalue weighted by molar-refractivity contribution is 9.10. The zero-order chi connectivity index (χ0) is 13.9. The molecule has 1 amide bonds. The molecule has 2 rings (SSSR count). The molecule has 1 saturated heterocycles. The summed E-state index contributed by atoms with van der Waals surface area (Å²) in [6.07, 6.45) is 1.49. The lowest BCUT2D eigenvalue weighted by atomic mass is 9.92. The van der Waals surface area contributed by atoms with Crippen LogP contribution in [0.2, 0.25) is 0 Å². The van der Waals surface area contributed by atoms with Crippen LogP contribution in [-0.2, 0) is 4.74 Å². The largest absolute Gasteiger partial charge is 0.381 e. The summed E-state index contributed by atoms with van der Waals surface area (Å²) in [4.78, 5) is 12.3. The van der Waals surface area contributed by atoms with Gasteiger partial charge in [0.25, 0.3) is 5.91 Å². The molecule has 1 heterocycles. The lowest BCUT2D eigenvalue weighted by Crippen LogP contribution is -2.53. The van der Waals surface area contributed by atoms with Crippen molar-refractivity contribution in [3.63, 3.8) is 0 Å². The minimum Gasteiger partial charge on any atom is -0.381 e. The van der Waals surface area contributed by atoms with Gasteiger partial charge in [0.2, 0.25) is 0 Å². The van der Waals surface area contributed by atoms with Crippen LogP contribution in [0.15, 0.2) is 22.7 Å². The number of carbonyl (C=O) groups excluding carboxylic acids is 1. The first-order valence-electron chi connectivity index (χ1n) is 5.98. The third-order valence-corrected chi connectivity index (χ3v) is 5.16. The smallest absolute Gasteiger partial charge is 0.252 e. The summed E-state index contributed by atoms with van der Waals surface area (Å²) >= 11 is 6.56. The molecule has 6 heteroatoms. The molecule has 1 N–H and O–H groups in total. The van der Waals surface area contributed by atoms with Crippen molar-refractivity contribution in [2.24, 2.45) is 0 Å². The summed E-state index contributed by atoms with van der Waals surface area (Å²) in [6, 6.07) is 4.44. The molecule has 0 bridgehead atoms. The van der Waals surface area contributed by atoms with E-state index in [1.165, 1.54) is 12.1 Å². The molecule has 3 nitrogen and oxygen atoms in total. The maximum atomic E-state index is 13.4. The minimum atomic E-state index is -0.437. The molecule has 0 atom stereocenters. The topological polar surface area (TPSA) is 38.3 Å². The molecule has 19 heavy (non-hydrogen) atoms. The standard InChI is InChI=1S/C13H14Br2FNO2/c14-8-13(4-6-19-7-5-13)17-12(18)9-2-1-3-10(16)11(9)15/h1-3H,4-8H2,(H,17,18). The number of amides is 1. The number of ether oxygens (including phenoxy) is 1. The van der Waals surface area contributed by atoms with Gasteiger partial charge in [-0.15, -0.1) is 0 Å². The molecule has 0 aliphatic carbocycles. The molecule has 0 aromatic heterocycles. The molecule has 104 valence electrons. The van der Waals surface area contributed by atoms with Gasteiger partial charge in [-0.3, -0.25) is 4.79 Å². The van der Waals surface area contributed by atoms with Crippen LogP contribution in [0.25, 0.3) is 0 Å².